The number of nitrogens with zero attached hydrogens (tertiary/aromatic N) is 2. The molecule has 0 aliphatic heterocycles. The minimum absolute atomic E-state index is 0.237. The summed E-state index contributed by atoms with van der Waals surface area (Å²) >= 11 is 0. The van der Waals surface area contributed by atoms with Crippen molar-refractivity contribution in [2.24, 2.45) is 0 Å². The summed E-state index contributed by atoms with van der Waals surface area (Å²) in [7, 11) is 0. The molecule has 0 bridgehead atoms. The van der Waals surface area contributed by atoms with Crippen molar-refractivity contribution in [3.8, 4) is 0 Å². The van der Waals surface area contributed by atoms with Crippen LogP contribution in [-0.4, -0.2) is 27.7 Å². The number of hydrogen-bond acceptors (Lipinski definition) is 4. The molecule has 90 valence electrons. The fourth-order valence-corrected chi connectivity index (χ4v) is 1.75. The summed E-state index contributed by atoms with van der Waals surface area (Å²) < 4.78 is 0. The molecule has 0 spiro atoms. The summed E-state index contributed by atoms with van der Waals surface area (Å²) in [4.78, 5) is 8.45. The van der Waals surface area contributed by atoms with Gasteiger partial charge in [-0.25, -0.2) is 9.97 Å². The van der Waals surface area contributed by atoms with Crippen molar-refractivity contribution >= 4 is 16.7 Å². The van der Waals surface area contributed by atoms with Crippen LogP contribution in [-0.2, 0) is 0 Å². The minimum Gasteiger partial charge on any atom is -0.393 e. The number of benzene rings is 1. The molecule has 0 amide bonds. The highest BCUT2D eigenvalue weighted by atomic mass is 16.3. The van der Waals surface area contributed by atoms with Gasteiger partial charge < -0.3 is 10.4 Å². The Kier molecular flexibility index (Phi) is 3.88. The SMILES string of the molecule is CC(O)CCCNc1ncnc2ccccc12. The third-order valence-corrected chi connectivity index (χ3v) is 2.63. The van der Waals surface area contributed by atoms with Crippen molar-refractivity contribution in [3.05, 3.63) is 30.6 Å². The number of anilines is 1. The van der Waals surface area contributed by atoms with E-state index < -0.39 is 0 Å². The summed E-state index contributed by atoms with van der Waals surface area (Å²) in [6.45, 7) is 2.62. The molecule has 0 aliphatic rings. The van der Waals surface area contributed by atoms with Crippen LogP contribution in [0.5, 0.6) is 0 Å². The van der Waals surface area contributed by atoms with Gasteiger partial charge in [-0.15, -0.1) is 0 Å². The Labute approximate surface area is 101 Å². The number of fused-ring (bicyclic) bond motifs is 1. The number of para-hydroxylation sites is 1. The summed E-state index contributed by atoms with van der Waals surface area (Å²) in [6.07, 6.45) is 3.06. The van der Waals surface area contributed by atoms with Gasteiger partial charge in [0.2, 0.25) is 0 Å². The summed E-state index contributed by atoms with van der Waals surface area (Å²) in [6, 6.07) is 7.92. The molecule has 2 N–H and O–H groups in total. The summed E-state index contributed by atoms with van der Waals surface area (Å²) in [5, 5.41) is 13.5. The monoisotopic (exact) mass is 231 g/mol. The van der Waals surface area contributed by atoms with Crippen molar-refractivity contribution in [3.63, 3.8) is 0 Å². The van der Waals surface area contributed by atoms with Crippen LogP contribution in [0.3, 0.4) is 0 Å². The molecule has 0 saturated heterocycles. The standard InChI is InChI=1S/C13H17N3O/c1-10(17)5-4-8-14-13-11-6-2-3-7-12(11)15-9-16-13/h2-3,6-7,9-10,17H,4-5,8H2,1H3,(H,14,15,16). The van der Waals surface area contributed by atoms with E-state index in [1.54, 1.807) is 13.3 Å². The van der Waals surface area contributed by atoms with Gasteiger partial charge in [-0.05, 0) is 31.9 Å². The van der Waals surface area contributed by atoms with Gasteiger partial charge >= 0.3 is 0 Å². The molecule has 4 nitrogen and oxygen atoms in total. The third-order valence-electron chi connectivity index (χ3n) is 2.63. The van der Waals surface area contributed by atoms with E-state index >= 15 is 0 Å². The second kappa shape index (κ2) is 5.59. The molecule has 1 unspecified atom stereocenters. The lowest BCUT2D eigenvalue weighted by molar-refractivity contribution is 0.183. The van der Waals surface area contributed by atoms with Crippen LogP contribution >= 0.6 is 0 Å². The Morgan fingerprint density at radius 2 is 2.12 bits per heavy atom. The maximum atomic E-state index is 9.17. The van der Waals surface area contributed by atoms with Gasteiger partial charge in [0, 0.05) is 11.9 Å². The average Bonchev–Trinajstić information content (AvgIpc) is 2.34. The van der Waals surface area contributed by atoms with Crippen LogP contribution < -0.4 is 5.32 Å². The molecule has 0 fully saturated rings. The van der Waals surface area contributed by atoms with Gasteiger partial charge in [0.15, 0.2) is 0 Å². The predicted molar refractivity (Wildman–Crippen MR) is 68.9 cm³/mol. The van der Waals surface area contributed by atoms with Crippen LogP contribution in [0.1, 0.15) is 19.8 Å². The van der Waals surface area contributed by atoms with E-state index in [-0.39, 0.29) is 6.10 Å². The highest BCUT2D eigenvalue weighted by Gasteiger charge is 2.02. The molecule has 17 heavy (non-hydrogen) atoms. The van der Waals surface area contributed by atoms with Gasteiger partial charge in [-0.1, -0.05) is 12.1 Å². The zero-order chi connectivity index (χ0) is 12.1. The Bertz CT molecular complexity index is 480. The van der Waals surface area contributed by atoms with E-state index in [2.05, 4.69) is 15.3 Å². The first kappa shape index (κ1) is 11.8. The van der Waals surface area contributed by atoms with E-state index in [0.29, 0.717) is 0 Å². The molecule has 0 radical (unpaired) electrons. The Balaban J connectivity index is 2.03. The zero-order valence-corrected chi connectivity index (χ0v) is 9.93. The molecule has 1 atom stereocenters. The normalized spacial score (nSPS) is 12.6. The van der Waals surface area contributed by atoms with Crippen molar-refractivity contribution in [1.29, 1.82) is 0 Å². The number of aliphatic hydroxyl groups is 1. The number of aliphatic hydroxyl groups excluding tert-OH is 1. The highest BCUT2D eigenvalue weighted by molar-refractivity contribution is 5.88. The predicted octanol–water partition coefficient (Wildman–Crippen LogP) is 2.20. The molecule has 2 rings (SSSR count). The molecule has 1 aromatic heterocycles. The number of hydrogen-bond donors (Lipinski definition) is 2. The van der Waals surface area contributed by atoms with Gasteiger partial charge in [0.05, 0.1) is 11.6 Å². The zero-order valence-electron chi connectivity index (χ0n) is 9.93. The molecule has 1 aromatic carbocycles. The molecular weight excluding hydrogens is 214 g/mol. The third kappa shape index (κ3) is 3.14. The van der Waals surface area contributed by atoms with Gasteiger partial charge in [-0.3, -0.25) is 0 Å². The topological polar surface area (TPSA) is 58.0 Å². The molecule has 0 saturated carbocycles. The Hall–Kier alpha value is -1.68. The smallest absolute Gasteiger partial charge is 0.137 e. The van der Waals surface area contributed by atoms with Crippen molar-refractivity contribution < 1.29 is 5.11 Å². The highest BCUT2D eigenvalue weighted by Crippen LogP contribution is 2.18. The van der Waals surface area contributed by atoms with Crippen molar-refractivity contribution in [2.75, 3.05) is 11.9 Å². The summed E-state index contributed by atoms with van der Waals surface area (Å²) in [5.74, 6) is 0.862. The van der Waals surface area contributed by atoms with Crippen LogP contribution in [0.25, 0.3) is 10.9 Å². The Morgan fingerprint density at radius 3 is 2.94 bits per heavy atom. The molecule has 2 aromatic rings. The van der Waals surface area contributed by atoms with Gasteiger partial charge in [0.1, 0.15) is 12.1 Å². The quantitative estimate of drug-likeness (QED) is 0.774. The van der Waals surface area contributed by atoms with Gasteiger partial charge in [-0.2, -0.15) is 0 Å². The lowest BCUT2D eigenvalue weighted by Crippen LogP contribution is -2.07. The molecule has 4 heteroatoms. The Morgan fingerprint density at radius 1 is 1.29 bits per heavy atom. The second-order valence-electron chi connectivity index (χ2n) is 4.16. The largest absolute Gasteiger partial charge is 0.393 e. The van der Waals surface area contributed by atoms with Crippen molar-refractivity contribution in [2.45, 2.75) is 25.9 Å². The molecular formula is C13H17N3O. The lowest BCUT2D eigenvalue weighted by Gasteiger charge is -2.08. The first-order chi connectivity index (χ1) is 8.27. The number of rotatable bonds is 5. The number of nitrogens with one attached hydrogen (secondary N) is 1. The van der Waals surface area contributed by atoms with Crippen LogP contribution in [0, 0.1) is 0 Å². The maximum absolute atomic E-state index is 9.17. The average molecular weight is 231 g/mol. The lowest BCUT2D eigenvalue weighted by atomic mass is 10.2. The first-order valence-corrected chi connectivity index (χ1v) is 5.89. The van der Waals surface area contributed by atoms with E-state index in [1.165, 1.54) is 0 Å². The van der Waals surface area contributed by atoms with Crippen LogP contribution in [0.2, 0.25) is 0 Å². The van der Waals surface area contributed by atoms with E-state index in [1.807, 2.05) is 24.3 Å². The maximum Gasteiger partial charge on any atom is 0.137 e. The first-order valence-electron chi connectivity index (χ1n) is 5.89. The van der Waals surface area contributed by atoms with Crippen molar-refractivity contribution in [1.82, 2.24) is 9.97 Å². The minimum atomic E-state index is -0.237. The number of aromatic nitrogens is 2. The summed E-state index contributed by atoms with van der Waals surface area (Å²) in [5.41, 5.74) is 0.945. The fourth-order valence-electron chi connectivity index (χ4n) is 1.75. The fraction of sp³-hybridized carbons (Fsp3) is 0.385. The van der Waals surface area contributed by atoms with E-state index in [4.69, 9.17) is 5.11 Å². The van der Waals surface area contributed by atoms with E-state index in [9.17, 15) is 0 Å². The molecule has 0 aliphatic carbocycles. The molecule has 1 heterocycles. The van der Waals surface area contributed by atoms with E-state index in [0.717, 1.165) is 36.1 Å². The second-order valence-corrected chi connectivity index (χ2v) is 4.16. The van der Waals surface area contributed by atoms with Gasteiger partial charge in [0.25, 0.3) is 0 Å². The van der Waals surface area contributed by atoms with Crippen LogP contribution in [0.15, 0.2) is 30.6 Å². The van der Waals surface area contributed by atoms with Crippen LogP contribution in [0.4, 0.5) is 5.82 Å².